The number of hydrogen-bond donors (Lipinski definition) is 2. The second kappa shape index (κ2) is 7.62. The highest BCUT2D eigenvalue weighted by Crippen LogP contribution is 2.27. The van der Waals surface area contributed by atoms with Crippen molar-refractivity contribution in [1.82, 2.24) is 9.97 Å². The summed E-state index contributed by atoms with van der Waals surface area (Å²) in [5, 5.41) is 6.98. The van der Waals surface area contributed by atoms with Crippen LogP contribution in [0.5, 0.6) is 0 Å². The number of rotatable bonds is 7. The molecule has 1 heterocycles. The summed E-state index contributed by atoms with van der Waals surface area (Å²) in [6, 6.07) is 0.426. The van der Waals surface area contributed by atoms with Gasteiger partial charge in [0.25, 0.3) is 0 Å². The zero-order valence-electron chi connectivity index (χ0n) is 14.8. The molecule has 0 saturated carbocycles. The lowest BCUT2D eigenvalue weighted by atomic mass is 9.95. The second-order valence-corrected chi connectivity index (χ2v) is 6.88. The van der Waals surface area contributed by atoms with Crippen molar-refractivity contribution in [2.75, 3.05) is 17.2 Å². The van der Waals surface area contributed by atoms with Gasteiger partial charge in [0.05, 0.1) is 0 Å². The summed E-state index contributed by atoms with van der Waals surface area (Å²) in [6.45, 7) is 16.1. The average Bonchev–Trinajstić information content (AvgIpc) is 2.38. The van der Waals surface area contributed by atoms with Gasteiger partial charge in [0, 0.05) is 23.6 Å². The van der Waals surface area contributed by atoms with E-state index in [0.717, 1.165) is 42.4 Å². The van der Waals surface area contributed by atoms with Gasteiger partial charge in [-0.1, -0.05) is 41.0 Å². The Morgan fingerprint density at radius 3 is 2.19 bits per heavy atom. The molecule has 1 unspecified atom stereocenters. The van der Waals surface area contributed by atoms with E-state index in [1.165, 1.54) is 6.42 Å². The lowest BCUT2D eigenvalue weighted by Crippen LogP contribution is -2.22. The summed E-state index contributed by atoms with van der Waals surface area (Å²) in [5.74, 6) is 2.82. The molecule has 0 aliphatic rings. The third kappa shape index (κ3) is 5.18. The first-order valence-corrected chi connectivity index (χ1v) is 8.19. The smallest absolute Gasteiger partial charge is 0.138 e. The van der Waals surface area contributed by atoms with Crippen molar-refractivity contribution in [3.8, 4) is 0 Å². The van der Waals surface area contributed by atoms with Crippen molar-refractivity contribution in [2.45, 2.75) is 79.2 Å². The maximum absolute atomic E-state index is 4.77. The van der Waals surface area contributed by atoms with Crippen molar-refractivity contribution >= 4 is 11.6 Å². The molecular formula is C17H32N4. The Hall–Kier alpha value is -1.32. The quantitative estimate of drug-likeness (QED) is 0.776. The number of hydrogen-bond acceptors (Lipinski definition) is 4. The Morgan fingerprint density at radius 2 is 1.67 bits per heavy atom. The van der Waals surface area contributed by atoms with Crippen molar-refractivity contribution in [2.24, 2.45) is 0 Å². The molecular weight excluding hydrogens is 260 g/mol. The third-order valence-electron chi connectivity index (χ3n) is 3.46. The molecule has 2 N–H and O–H groups in total. The fourth-order valence-electron chi connectivity index (χ4n) is 2.15. The highest BCUT2D eigenvalue weighted by Gasteiger charge is 2.21. The first-order chi connectivity index (χ1) is 9.79. The molecule has 4 heteroatoms. The van der Waals surface area contributed by atoms with Crippen LogP contribution in [0.25, 0.3) is 0 Å². The van der Waals surface area contributed by atoms with E-state index >= 15 is 0 Å². The van der Waals surface area contributed by atoms with Crippen LogP contribution in [0.4, 0.5) is 11.6 Å². The third-order valence-corrected chi connectivity index (χ3v) is 3.46. The van der Waals surface area contributed by atoms with Crippen LogP contribution in [-0.4, -0.2) is 22.6 Å². The highest BCUT2D eigenvalue weighted by atomic mass is 15.1. The number of anilines is 2. The van der Waals surface area contributed by atoms with E-state index in [1.54, 1.807) is 0 Å². The van der Waals surface area contributed by atoms with Crippen LogP contribution in [0.2, 0.25) is 0 Å². The molecule has 0 fully saturated rings. The van der Waals surface area contributed by atoms with Gasteiger partial charge in [-0.2, -0.15) is 0 Å². The zero-order chi connectivity index (χ0) is 16.0. The van der Waals surface area contributed by atoms with Crippen molar-refractivity contribution < 1.29 is 0 Å². The monoisotopic (exact) mass is 292 g/mol. The Labute approximate surface area is 130 Å². The largest absolute Gasteiger partial charge is 0.370 e. The van der Waals surface area contributed by atoms with Gasteiger partial charge in [-0.05, 0) is 26.7 Å². The molecule has 1 aromatic rings. The minimum absolute atomic E-state index is 0.0548. The van der Waals surface area contributed by atoms with Crippen LogP contribution in [0.1, 0.15) is 72.2 Å². The molecule has 1 aromatic heterocycles. The van der Waals surface area contributed by atoms with Crippen LogP contribution in [-0.2, 0) is 5.41 Å². The van der Waals surface area contributed by atoms with Gasteiger partial charge in [-0.3, -0.25) is 0 Å². The van der Waals surface area contributed by atoms with E-state index in [-0.39, 0.29) is 5.41 Å². The van der Waals surface area contributed by atoms with Gasteiger partial charge in [-0.25, -0.2) is 9.97 Å². The molecule has 0 aliphatic heterocycles. The van der Waals surface area contributed by atoms with Crippen molar-refractivity contribution in [3.63, 3.8) is 0 Å². The molecule has 4 nitrogen and oxygen atoms in total. The SMILES string of the molecule is CCCNc1nc(C(C)(C)C)nc(NC(C)CCC)c1C. The average molecular weight is 292 g/mol. The van der Waals surface area contributed by atoms with Crippen LogP contribution in [0.3, 0.4) is 0 Å². The molecule has 0 aliphatic carbocycles. The highest BCUT2D eigenvalue weighted by molar-refractivity contribution is 5.58. The van der Waals surface area contributed by atoms with Gasteiger partial charge >= 0.3 is 0 Å². The number of nitrogens with zero attached hydrogens (tertiary/aromatic N) is 2. The van der Waals surface area contributed by atoms with Crippen LogP contribution < -0.4 is 10.6 Å². The van der Waals surface area contributed by atoms with E-state index in [9.17, 15) is 0 Å². The summed E-state index contributed by atoms with van der Waals surface area (Å²) in [4.78, 5) is 9.51. The zero-order valence-corrected chi connectivity index (χ0v) is 14.8. The first kappa shape index (κ1) is 17.7. The lowest BCUT2D eigenvalue weighted by molar-refractivity contribution is 0.545. The Balaban J connectivity index is 3.14. The number of nitrogens with one attached hydrogen (secondary N) is 2. The van der Waals surface area contributed by atoms with Crippen LogP contribution in [0.15, 0.2) is 0 Å². The van der Waals surface area contributed by atoms with E-state index in [0.29, 0.717) is 6.04 Å². The standard InChI is InChI=1S/C17H32N4/c1-8-10-12(3)19-15-13(4)14(18-11-9-2)20-16(21-15)17(5,6)7/h12H,8-11H2,1-7H3,(H2,18,19,20,21). The normalized spacial score (nSPS) is 13.1. The molecule has 120 valence electrons. The summed E-state index contributed by atoms with van der Waals surface area (Å²) < 4.78 is 0. The fourth-order valence-corrected chi connectivity index (χ4v) is 2.15. The first-order valence-electron chi connectivity index (χ1n) is 8.19. The molecule has 21 heavy (non-hydrogen) atoms. The van der Waals surface area contributed by atoms with Gasteiger partial charge in [0.1, 0.15) is 17.5 Å². The predicted molar refractivity (Wildman–Crippen MR) is 92.2 cm³/mol. The van der Waals surface area contributed by atoms with Crippen molar-refractivity contribution in [1.29, 1.82) is 0 Å². The van der Waals surface area contributed by atoms with Crippen LogP contribution in [0, 0.1) is 6.92 Å². The van der Waals surface area contributed by atoms with Gasteiger partial charge < -0.3 is 10.6 Å². The molecule has 0 bridgehead atoms. The summed E-state index contributed by atoms with van der Waals surface area (Å²) in [6.07, 6.45) is 3.40. The summed E-state index contributed by atoms with van der Waals surface area (Å²) in [7, 11) is 0. The van der Waals surface area contributed by atoms with E-state index in [1.807, 2.05) is 0 Å². The van der Waals surface area contributed by atoms with Crippen molar-refractivity contribution in [3.05, 3.63) is 11.4 Å². The molecule has 0 radical (unpaired) electrons. The molecule has 1 rings (SSSR count). The molecule has 0 aromatic carbocycles. The maximum Gasteiger partial charge on any atom is 0.138 e. The topological polar surface area (TPSA) is 49.8 Å². The molecule has 0 spiro atoms. The summed E-state index contributed by atoms with van der Waals surface area (Å²) in [5.41, 5.74) is 1.06. The van der Waals surface area contributed by atoms with E-state index in [4.69, 9.17) is 9.97 Å². The predicted octanol–water partition coefficient (Wildman–Crippen LogP) is 4.50. The Morgan fingerprint density at radius 1 is 1.05 bits per heavy atom. The van der Waals surface area contributed by atoms with E-state index < -0.39 is 0 Å². The Kier molecular flexibility index (Phi) is 6.43. The second-order valence-electron chi connectivity index (χ2n) is 6.88. The lowest BCUT2D eigenvalue weighted by Gasteiger charge is -2.23. The van der Waals surface area contributed by atoms with Gasteiger partial charge in [-0.15, -0.1) is 0 Å². The van der Waals surface area contributed by atoms with Gasteiger partial charge in [0.2, 0.25) is 0 Å². The fraction of sp³-hybridized carbons (Fsp3) is 0.765. The molecule has 0 amide bonds. The van der Waals surface area contributed by atoms with Gasteiger partial charge in [0.15, 0.2) is 0 Å². The van der Waals surface area contributed by atoms with Crippen LogP contribution >= 0.6 is 0 Å². The maximum atomic E-state index is 4.77. The summed E-state index contributed by atoms with van der Waals surface area (Å²) >= 11 is 0. The number of aromatic nitrogens is 2. The molecule has 1 atom stereocenters. The van der Waals surface area contributed by atoms with E-state index in [2.05, 4.69) is 59.1 Å². The molecule has 0 saturated heterocycles. The minimum Gasteiger partial charge on any atom is -0.370 e. The minimum atomic E-state index is -0.0548. The Bertz CT molecular complexity index is 449.